The molecule has 0 heteroatoms. The summed E-state index contributed by atoms with van der Waals surface area (Å²) < 4.78 is 0. The fourth-order valence-electron chi connectivity index (χ4n) is 11.3. The molecule has 0 aliphatic heterocycles. The van der Waals surface area contributed by atoms with Crippen LogP contribution in [0.4, 0.5) is 0 Å². The number of allylic oxidation sites excluding steroid dienone is 5. The normalized spacial score (nSPS) is 14.7. The van der Waals surface area contributed by atoms with Crippen LogP contribution in [0.25, 0.3) is 115 Å². The molecule has 1 atom stereocenters. The van der Waals surface area contributed by atoms with Gasteiger partial charge in [0.25, 0.3) is 0 Å². The first-order valence-electron chi connectivity index (χ1n) is 22.5. The van der Waals surface area contributed by atoms with Crippen LogP contribution in [0.5, 0.6) is 0 Å². The Labute approximate surface area is 373 Å². The first-order chi connectivity index (χ1) is 31.6. The van der Waals surface area contributed by atoms with E-state index in [2.05, 4.69) is 232 Å². The molecule has 0 amide bonds. The molecule has 0 saturated carbocycles. The van der Waals surface area contributed by atoms with Gasteiger partial charge in [0.1, 0.15) is 0 Å². The van der Waals surface area contributed by atoms with Crippen molar-refractivity contribution in [1.29, 1.82) is 0 Å². The smallest absolute Gasteiger partial charge is 0.0320 e. The fraction of sp³-hybridized carbons (Fsp3) is 0.0469. The molecule has 0 spiro atoms. The second-order valence-electron chi connectivity index (χ2n) is 17.6. The summed E-state index contributed by atoms with van der Waals surface area (Å²) in [6.45, 7) is 4.66. The second kappa shape index (κ2) is 14.3. The van der Waals surface area contributed by atoms with E-state index in [0.717, 1.165) is 0 Å². The first kappa shape index (κ1) is 36.6. The summed E-state index contributed by atoms with van der Waals surface area (Å²) in [5.41, 5.74) is 20.6. The molecule has 0 fully saturated rings. The highest BCUT2D eigenvalue weighted by atomic mass is 14.3. The van der Waals surface area contributed by atoms with Gasteiger partial charge in [-0.3, -0.25) is 0 Å². The summed E-state index contributed by atoms with van der Waals surface area (Å²) in [6.07, 6.45) is 4.77. The lowest BCUT2D eigenvalue weighted by molar-refractivity contribution is 0.973. The molecule has 1 unspecified atom stereocenters. The lowest BCUT2D eigenvalue weighted by Crippen LogP contribution is -2.13. The van der Waals surface area contributed by atoms with Crippen LogP contribution >= 0.6 is 0 Å². The predicted octanol–water partition coefficient (Wildman–Crippen LogP) is 17.7. The fourth-order valence-corrected chi connectivity index (χ4v) is 11.3. The van der Waals surface area contributed by atoms with Gasteiger partial charge in [-0.15, -0.1) is 5.73 Å². The van der Waals surface area contributed by atoms with Crippen LogP contribution in [0.2, 0.25) is 0 Å². The number of rotatable bonds is 4. The molecule has 0 aromatic heterocycles. The molecule has 0 saturated heterocycles. The molecule has 64 heavy (non-hydrogen) atoms. The van der Waals surface area contributed by atoms with Crippen molar-refractivity contribution in [3.8, 4) is 33.4 Å². The molecule has 2 aliphatic rings. The Morgan fingerprint density at radius 1 is 0.344 bits per heavy atom. The average molecular weight is 811 g/mol. The Morgan fingerprint density at radius 2 is 0.750 bits per heavy atom. The van der Waals surface area contributed by atoms with Crippen LogP contribution in [0.1, 0.15) is 30.5 Å². The van der Waals surface area contributed by atoms with Crippen molar-refractivity contribution in [1.82, 2.24) is 0 Å². The highest BCUT2D eigenvalue weighted by molar-refractivity contribution is 6.24. The molecule has 0 N–H and O–H groups in total. The van der Waals surface area contributed by atoms with E-state index in [9.17, 15) is 0 Å². The van der Waals surface area contributed by atoms with Crippen molar-refractivity contribution in [3.63, 3.8) is 0 Å². The lowest BCUT2D eigenvalue weighted by Gasteiger charge is -2.30. The van der Waals surface area contributed by atoms with E-state index in [4.69, 9.17) is 0 Å². The summed E-state index contributed by atoms with van der Waals surface area (Å²) in [4.78, 5) is 0. The molecule has 13 rings (SSSR count). The van der Waals surface area contributed by atoms with Gasteiger partial charge in [-0.2, -0.15) is 0 Å². The summed E-state index contributed by atoms with van der Waals surface area (Å²) in [6, 6.07) is 74.1. The van der Waals surface area contributed by atoms with Gasteiger partial charge in [-0.1, -0.05) is 206 Å². The summed E-state index contributed by atoms with van der Waals surface area (Å²) in [7, 11) is 0. The molecule has 0 bridgehead atoms. The van der Waals surface area contributed by atoms with Gasteiger partial charge in [-0.25, -0.2) is 0 Å². The number of benzene rings is 11. The van der Waals surface area contributed by atoms with Crippen LogP contribution < -0.4 is 0 Å². The zero-order valence-corrected chi connectivity index (χ0v) is 35.8. The SMILES string of the molecule is CC1=C(C)C2C=C(c3c4ccccc4c(-c4cccc5ccccc45)c4ccccc34)C=C=C2c2ccc(-c3c4ccccc4c(-c4cccc5ccccc45)c4ccccc34)cc21. The van der Waals surface area contributed by atoms with Gasteiger partial charge >= 0.3 is 0 Å². The molecule has 0 radical (unpaired) electrons. The van der Waals surface area contributed by atoms with E-state index in [-0.39, 0.29) is 5.92 Å². The van der Waals surface area contributed by atoms with Crippen LogP contribution in [0.15, 0.2) is 224 Å². The average Bonchev–Trinajstić information content (AvgIpc) is 3.36. The van der Waals surface area contributed by atoms with Crippen LogP contribution in [0, 0.1) is 5.92 Å². The predicted molar refractivity (Wildman–Crippen MR) is 275 cm³/mol. The van der Waals surface area contributed by atoms with Gasteiger partial charge in [-0.05, 0) is 152 Å². The number of hydrogen-bond donors (Lipinski definition) is 0. The molecular formula is C64H42. The summed E-state index contributed by atoms with van der Waals surface area (Å²) >= 11 is 0. The maximum Gasteiger partial charge on any atom is 0.0320 e. The Morgan fingerprint density at radius 3 is 1.23 bits per heavy atom. The maximum atomic E-state index is 3.92. The third-order valence-corrected chi connectivity index (χ3v) is 14.4. The Balaban J connectivity index is 0.985. The topological polar surface area (TPSA) is 0 Å². The third kappa shape index (κ3) is 5.37. The van der Waals surface area contributed by atoms with Crippen molar-refractivity contribution in [2.75, 3.05) is 0 Å². The Bertz CT molecular complexity index is 3830. The largest absolute Gasteiger partial charge is 0.115 e. The lowest BCUT2D eigenvalue weighted by atomic mass is 9.72. The molecule has 0 nitrogen and oxygen atoms in total. The van der Waals surface area contributed by atoms with Crippen molar-refractivity contribution in [2.45, 2.75) is 13.8 Å². The number of fused-ring (bicyclic) bond motifs is 9. The Hall–Kier alpha value is -8.02. The van der Waals surface area contributed by atoms with Crippen molar-refractivity contribution < 1.29 is 0 Å². The molecule has 0 heterocycles. The summed E-state index contributed by atoms with van der Waals surface area (Å²) in [5, 5.41) is 15.2. The van der Waals surface area contributed by atoms with E-state index in [1.54, 1.807) is 0 Å². The minimum absolute atomic E-state index is 0.121. The molecule has 11 aromatic rings. The molecule has 11 aromatic carbocycles. The van der Waals surface area contributed by atoms with Gasteiger partial charge < -0.3 is 0 Å². The van der Waals surface area contributed by atoms with Gasteiger partial charge in [0.15, 0.2) is 0 Å². The maximum absolute atomic E-state index is 3.92. The van der Waals surface area contributed by atoms with E-state index >= 15 is 0 Å². The van der Waals surface area contributed by atoms with E-state index < -0.39 is 0 Å². The van der Waals surface area contributed by atoms with Crippen LogP contribution in [0.3, 0.4) is 0 Å². The van der Waals surface area contributed by atoms with Crippen LogP contribution in [-0.4, -0.2) is 0 Å². The molecular weight excluding hydrogens is 769 g/mol. The van der Waals surface area contributed by atoms with E-state index in [1.807, 2.05) is 0 Å². The first-order valence-corrected chi connectivity index (χ1v) is 22.5. The number of hydrogen-bond acceptors (Lipinski definition) is 0. The zero-order valence-electron chi connectivity index (χ0n) is 35.8. The van der Waals surface area contributed by atoms with Crippen molar-refractivity contribution in [3.05, 3.63) is 240 Å². The van der Waals surface area contributed by atoms with Gasteiger partial charge in [0.05, 0.1) is 0 Å². The highest BCUT2D eigenvalue weighted by Crippen LogP contribution is 2.51. The van der Waals surface area contributed by atoms with E-state index in [1.165, 1.54) is 137 Å². The minimum Gasteiger partial charge on any atom is -0.115 e. The molecule has 2 aliphatic carbocycles. The summed E-state index contributed by atoms with van der Waals surface area (Å²) in [5.74, 6) is 0.121. The van der Waals surface area contributed by atoms with E-state index in [0.29, 0.717) is 0 Å². The van der Waals surface area contributed by atoms with Gasteiger partial charge in [0.2, 0.25) is 0 Å². The second-order valence-corrected chi connectivity index (χ2v) is 17.6. The zero-order chi connectivity index (χ0) is 42.5. The Kier molecular flexibility index (Phi) is 8.16. The highest BCUT2D eigenvalue weighted by Gasteiger charge is 2.30. The van der Waals surface area contributed by atoms with Crippen molar-refractivity contribution >= 4 is 81.4 Å². The van der Waals surface area contributed by atoms with Gasteiger partial charge in [0, 0.05) is 11.5 Å². The standard InChI is InChI=1S/C64H42/c1-39-40(2)60-38-44(62-53-25-9-13-29-57(53)64(58-30-14-10-26-54(58)62)50-32-16-20-42-18-4-6-22-46(42)50)34-36-48(60)47-35-33-43(37-59(39)47)61-51-23-7-11-27-55(51)63(56-28-12-8-24-52(56)61)49-31-15-19-41-17-3-5-21-45(41)49/h3-35,37-38,60H,1-2H3. The quantitative estimate of drug-likeness (QED) is 0.123. The van der Waals surface area contributed by atoms with Crippen molar-refractivity contribution in [2.24, 2.45) is 5.92 Å². The third-order valence-electron chi connectivity index (χ3n) is 14.4. The van der Waals surface area contributed by atoms with Crippen LogP contribution in [-0.2, 0) is 0 Å². The molecule has 298 valence electrons. The monoisotopic (exact) mass is 810 g/mol. The minimum atomic E-state index is 0.121.